The quantitative estimate of drug-likeness (QED) is 0.822. The highest BCUT2D eigenvalue weighted by atomic mass is 127. The Labute approximate surface area is 104 Å². The summed E-state index contributed by atoms with van der Waals surface area (Å²) in [4.78, 5) is 11.4. The Kier molecular flexibility index (Phi) is 4.17. The fraction of sp³-hybridized carbons (Fsp3) is 0.300. The van der Waals surface area contributed by atoms with Crippen LogP contribution in [-0.4, -0.2) is 12.5 Å². The number of alkyl halides is 3. The summed E-state index contributed by atoms with van der Waals surface area (Å²) in [7, 11) is 0. The molecule has 0 radical (unpaired) electrons. The number of benzene rings is 1. The standard InChI is InChI=1S/C10H9F3INO/c1-2-15-9(16)6-3-7(10(11,12)13)5-8(14)4-6/h3-5H,2H2,1H3,(H,15,16). The Morgan fingerprint density at radius 1 is 1.38 bits per heavy atom. The van der Waals surface area contributed by atoms with Gasteiger partial charge in [0.1, 0.15) is 0 Å². The van der Waals surface area contributed by atoms with E-state index in [0.717, 1.165) is 12.1 Å². The molecular formula is C10H9F3INO. The third kappa shape index (κ3) is 3.36. The molecule has 0 saturated heterocycles. The molecule has 0 aliphatic rings. The summed E-state index contributed by atoms with van der Waals surface area (Å²) in [5.41, 5.74) is -0.776. The number of carbonyl (C=O) groups excluding carboxylic acids is 1. The van der Waals surface area contributed by atoms with Crippen molar-refractivity contribution >= 4 is 28.5 Å². The summed E-state index contributed by atoms with van der Waals surface area (Å²) >= 11 is 1.75. The Balaban J connectivity index is 3.13. The first-order valence-corrected chi connectivity index (χ1v) is 5.58. The molecule has 0 aliphatic heterocycles. The van der Waals surface area contributed by atoms with E-state index in [2.05, 4.69) is 5.32 Å². The fourth-order valence-electron chi connectivity index (χ4n) is 1.15. The van der Waals surface area contributed by atoms with E-state index >= 15 is 0 Å². The zero-order valence-electron chi connectivity index (χ0n) is 8.36. The Morgan fingerprint density at radius 3 is 2.50 bits per heavy atom. The van der Waals surface area contributed by atoms with Gasteiger partial charge in [0.2, 0.25) is 0 Å². The van der Waals surface area contributed by atoms with Crippen molar-refractivity contribution in [1.29, 1.82) is 0 Å². The normalized spacial score (nSPS) is 11.3. The van der Waals surface area contributed by atoms with Crippen LogP contribution >= 0.6 is 22.6 Å². The maximum Gasteiger partial charge on any atom is 0.416 e. The topological polar surface area (TPSA) is 29.1 Å². The van der Waals surface area contributed by atoms with Gasteiger partial charge in [-0.25, -0.2) is 0 Å². The van der Waals surface area contributed by atoms with Crippen LogP contribution in [0.1, 0.15) is 22.8 Å². The third-order valence-corrected chi connectivity index (χ3v) is 2.45. The maximum absolute atomic E-state index is 12.5. The molecular weight excluding hydrogens is 334 g/mol. The van der Waals surface area contributed by atoms with Gasteiger partial charge < -0.3 is 5.32 Å². The summed E-state index contributed by atoms with van der Waals surface area (Å²) in [6, 6.07) is 3.28. The molecule has 0 atom stereocenters. The molecule has 0 saturated carbocycles. The molecule has 16 heavy (non-hydrogen) atoms. The van der Waals surface area contributed by atoms with Crippen LogP contribution < -0.4 is 5.32 Å². The summed E-state index contributed by atoms with van der Waals surface area (Å²) in [5.74, 6) is -0.494. The first-order valence-electron chi connectivity index (χ1n) is 4.50. The van der Waals surface area contributed by atoms with Crippen LogP contribution in [-0.2, 0) is 6.18 Å². The number of hydrogen-bond donors (Lipinski definition) is 1. The van der Waals surface area contributed by atoms with Crippen LogP contribution in [0, 0.1) is 3.57 Å². The fourth-order valence-corrected chi connectivity index (χ4v) is 1.82. The largest absolute Gasteiger partial charge is 0.416 e. The van der Waals surface area contributed by atoms with Crippen molar-refractivity contribution in [1.82, 2.24) is 5.32 Å². The van der Waals surface area contributed by atoms with Gasteiger partial charge in [-0.2, -0.15) is 13.2 Å². The second-order valence-corrected chi connectivity index (χ2v) is 4.33. The summed E-state index contributed by atoms with van der Waals surface area (Å²) in [6.45, 7) is 2.09. The zero-order chi connectivity index (χ0) is 12.3. The maximum atomic E-state index is 12.5. The molecule has 0 unspecified atom stereocenters. The van der Waals surface area contributed by atoms with E-state index in [4.69, 9.17) is 0 Å². The Hall–Kier alpha value is -0.790. The number of carbonyl (C=O) groups is 1. The van der Waals surface area contributed by atoms with E-state index < -0.39 is 17.6 Å². The lowest BCUT2D eigenvalue weighted by atomic mass is 10.1. The zero-order valence-corrected chi connectivity index (χ0v) is 10.5. The lowest BCUT2D eigenvalue weighted by Crippen LogP contribution is -2.23. The SMILES string of the molecule is CCNC(=O)c1cc(I)cc(C(F)(F)F)c1. The van der Waals surface area contributed by atoms with Crippen LogP contribution in [0.3, 0.4) is 0 Å². The number of rotatable bonds is 2. The molecule has 1 aromatic rings. The van der Waals surface area contributed by atoms with Gasteiger partial charge >= 0.3 is 6.18 Å². The van der Waals surface area contributed by atoms with Crippen LogP contribution in [0.4, 0.5) is 13.2 Å². The highest BCUT2D eigenvalue weighted by molar-refractivity contribution is 14.1. The van der Waals surface area contributed by atoms with E-state index in [-0.39, 0.29) is 5.56 Å². The van der Waals surface area contributed by atoms with Crippen molar-refractivity contribution in [2.45, 2.75) is 13.1 Å². The molecule has 1 rings (SSSR count). The van der Waals surface area contributed by atoms with Crippen molar-refractivity contribution in [3.8, 4) is 0 Å². The van der Waals surface area contributed by atoms with Gasteiger partial charge in [-0.05, 0) is 47.7 Å². The second-order valence-electron chi connectivity index (χ2n) is 3.09. The van der Waals surface area contributed by atoms with Gasteiger partial charge in [0.05, 0.1) is 5.56 Å². The van der Waals surface area contributed by atoms with Gasteiger partial charge in [-0.1, -0.05) is 0 Å². The lowest BCUT2D eigenvalue weighted by Gasteiger charge is -2.09. The van der Waals surface area contributed by atoms with Gasteiger partial charge in [0, 0.05) is 15.7 Å². The van der Waals surface area contributed by atoms with Crippen LogP contribution in [0.25, 0.3) is 0 Å². The number of hydrogen-bond acceptors (Lipinski definition) is 1. The highest BCUT2D eigenvalue weighted by Gasteiger charge is 2.31. The van der Waals surface area contributed by atoms with E-state index in [1.807, 2.05) is 0 Å². The van der Waals surface area contributed by atoms with E-state index in [0.29, 0.717) is 10.1 Å². The average molecular weight is 343 g/mol. The van der Waals surface area contributed by atoms with Crippen LogP contribution in [0.5, 0.6) is 0 Å². The van der Waals surface area contributed by atoms with Gasteiger partial charge in [-0.3, -0.25) is 4.79 Å². The van der Waals surface area contributed by atoms with Crippen LogP contribution in [0.15, 0.2) is 18.2 Å². The minimum absolute atomic E-state index is 0.0288. The van der Waals surface area contributed by atoms with Gasteiger partial charge in [0.15, 0.2) is 0 Å². The Morgan fingerprint density at radius 2 is 2.00 bits per heavy atom. The molecule has 1 aromatic carbocycles. The smallest absolute Gasteiger partial charge is 0.352 e. The monoisotopic (exact) mass is 343 g/mol. The van der Waals surface area contributed by atoms with E-state index in [1.54, 1.807) is 29.5 Å². The molecule has 1 amide bonds. The summed E-state index contributed by atoms with van der Waals surface area (Å²) in [6.07, 6.45) is -4.43. The minimum atomic E-state index is -4.43. The van der Waals surface area contributed by atoms with Crippen molar-refractivity contribution in [3.05, 3.63) is 32.9 Å². The van der Waals surface area contributed by atoms with Crippen LogP contribution in [0.2, 0.25) is 0 Å². The van der Waals surface area contributed by atoms with Gasteiger partial charge in [0.25, 0.3) is 5.91 Å². The molecule has 6 heteroatoms. The number of amides is 1. The van der Waals surface area contributed by atoms with Gasteiger partial charge in [-0.15, -0.1) is 0 Å². The predicted octanol–water partition coefficient (Wildman–Crippen LogP) is 3.06. The predicted molar refractivity (Wildman–Crippen MR) is 62.2 cm³/mol. The first kappa shape index (κ1) is 13.3. The first-order chi connectivity index (χ1) is 7.34. The van der Waals surface area contributed by atoms with E-state index in [9.17, 15) is 18.0 Å². The lowest BCUT2D eigenvalue weighted by molar-refractivity contribution is -0.137. The van der Waals surface area contributed by atoms with Crippen molar-refractivity contribution in [2.24, 2.45) is 0 Å². The molecule has 0 heterocycles. The molecule has 88 valence electrons. The summed E-state index contributed by atoms with van der Waals surface area (Å²) < 4.78 is 37.8. The second kappa shape index (κ2) is 5.03. The van der Waals surface area contributed by atoms with Crippen molar-refractivity contribution < 1.29 is 18.0 Å². The average Bonchev–Trinajstić information content (AvgIpc) is 2.16. The van der Waals surface area contributed by atoms with Crippen molar-refractivity contribution in [2.75, 3.05) is 6.54 Å². The summed E-state index contributed by atoms with van der Waals surface area (Å²) in [5, 5.41) is 2.46. The minimum Gasteiger partial charge on any atom is -0.352 e. The van der Waals surface area contributed by atoms with E-state index in [1.165, 1.54) is 6.07 Å². The molecule has 2 nitrogen and oxygen atoms in total. The molecule has 0 aromatic heterocycles. The molecule has 1 N–H and O–H groups in total. The number of nitrogens with one attached hydrogen (secondary N) is 1. The molecule has 0 fully saturated rings. The third-order valence-electron chi connectivity index (χ3n) is 1.82. The number of halogens is 4. The highest BCUT2D eigenvalue weighted by Crippen LogP contribution is 2.31. The Bertz CT molecular complexity index is 404. The molecule has 0 bridgehead atoms. The molecule has 0 spiro atoms. The molecule has 0 aliphatic carbocycles. The van der Waals surface area contributed by atoms with Crippen molar-refractivity contribution in [3.63, 3.8) is 0 Å².